The van der Waals surface area contributed by atoms with E-state index in [0.29, 0.717) is 32.0 Å². The molecule has 0 radical (unpaired) electrons. The number of urea groups is 1. The van der Waals surface area contributed by atoms with Gasteiger partial charge in [0.25, 0.3) is 0 Å². The number of hydrogen-bond acceptors (Lipinski definition) is 6. The second-order valence-electron chi connectivity index (χ2n) is 6.68. The quantitative estimate of drug-likeness (QED) is 0.727. The van der Waals surface area contributed by atoms with Gasteiger partial charge < -0.3 is 10.2 Å². The molecule has 8 heteroatoms. The number of nitrogens with zero attached hydrogens (tertiary/aromatic N) is 2. The van der Waals surface area contributed by atoms with Crippen LogP contribution in [0, 0.1) is 5.92 Å². The zero-order valence-corrected chi connectivity index (χ0v) is 14.6. The third kappa shape index (κ3) is 3.85. The second kappa shape index (κ2) is 7.97. The van der Waals surface area contributed by atoms with Crippen molar-refractivity contribution in [2.75, 3.05) is 26.3 Å². The van der Waals surface area contributed by atoms with E-state index in [1.165, 1.54) is 4.90 Å². The van der Waals surface area contributed by atoms with E-state index < -0.39 is 23.8 Å². The summed E-state index contributed by atoms with van der Waals surface area (Å²) in [6.07, 6.45) is 6.48. The molecule has 3 rings (SSSR count). The Morgan fingerprint density at radius 1 is 1.16 bits per heavy atom. The van der Waals surface area contributed by atoms with Crippen LogP contribution < -0.4 is 10.7 Å². The van der Waals surface area contributed by atoms with Gasteiger partial charge in [-0.15, -0.1) is 0 Å². The highest BCUT2D eigenvalue weighted by molar-refractivity contribution is 6.17. The lowest BCUT2D eigenvalue weighted by Crippen LogP contribution is -2.63. The number of rotatable bonds is 4. The lowest BCUT2D eigenvalue weighted by molar-refractivity contribution is -0.143. The van der Waals surface area contributed by atoms with Crippen LogP contribution in [-0.4, -0.2) is 60.1 Å². The molecule has 1 atom stereocenters. The van der Waals surface area contributed by atoms with Gasteiger partial charge in [-0.05, 0) is 19.8 Å². The van der Waals surface area contributed by atoms with Gasteiger partial charge in [0.2, 0.25) is 11.8 Å². The summed E-state index contributed by atoms with van der Waals surface area (Å²) in [6.45, 7) is 4.32. The number of hydrogen-bond donors (Lipinski definition) is 2. The molecule has 2 aliphatic heterocycles. The number of allylic oxidation sites excluding steroid dienone is 1. The highest BCUT2D eigenvalue weighted by Gasteiger charge is 2.45. The van der Waals surface area contributed by atoms with Gasteiger partial charge in [-0.3, -0.25) is 19.8 Å². The van der Waals surface area contributed by atoms with Crippen molar-refractivity contribution >= 4 is 17.8 Å². The van der Waals surface area contributed by atoms with Gasteiger partial charge in [-0.1, -0.05) is 25.3 Å². The van der Waals surface area contributed by atoms with Crippen molar-refractivity contribution in [3.05, 3.63) is 11.8 Å². The molecule has 0 aromatic heterocycles. The minimum atomic E-state index is -1.01. The summed E-state index contributed by atoms with van der Waals surface area (Å²) in [5, 5.41) is 4.29. The van der Waals surface area contributed by atoms with Gasteiger partial charge in [-0.2, -0.15) is 0 Å². The molecule has 138 valence electrons. The summed E-state index contributed by atoms with van der Waals surface area (Å²) in [4.78, 5) is 38.9. The fraction of sp³-hybridized carbons (Fsp3) is 0.706. The number of barbiturate groups is 1. The molecule has 3 aliphatic rings. The lowest BCUT2D eigenvalue weighted by atomic mass is 9.91. The normalized spacial score (nSPS) is 27.4. The molecular formula is C17H26N4O4. The Morgan fingerprint density at radius 2 is 1.84 bits per heavy atom. The maximum absolute atomic E-state index is 13.0. The fourth-order valence-corrected chi connectivity index (χ4v) is 3.70. The van der Waals surface area contributed by atoms with Gasteiger partial charge in [-0.25, -0.2) is 9.80 Å². The van der Waals surface area contributed by atoms with E-state index in [1.54, 1.807) is 13.0 Å². The first-order chi connectivity index (χ1) is 12.1. The van der Waals surface area contributed by atoms with E-state index in [1.807, 2.05) is 5.01 Å². The van der Waals surface area contributed by atoms with E-state index in [2.05, 4.69) is 10.7 Å². The Morgan fingerprint density at radius 3 is 2.48 bits per heavy atom. The smallest absolute Gasteiger partial charge is 0.331 e. The van der Waals surface area contributed by atoms with E-state index >= 15 is 0 Å². The van der Waals surface area contributed by atoms with Gasteiger partial charge >= 0.3 is 6.03 Å². The second-order valence-corrected chi connectivity index (χ2v) is 6.68. The summed E-state index contributed by atoms with van der Waals surface area (Å²) in [6, 6.07) is -0.696. The standard InChI is InChI=1S/C17H26N4O4/c1-2-13(19-20-8-10-25-11-9-20)14-15(22)18-17(24)21(16(14)23)12-6-4-3-5-7-12/h2,12,14,19H,3-11H2,1H3,(H,18,22,24)/b13-2-/t14-/m0/s1. The summed E-state index contributed by atoms with van der Waals surface area (Å²) in [7, 11) is 0. The van der Waals surface area contributed by atoms with Crippen LogP contribution in [0.1, 0.15) is 39.0 Å². The summed E-state index contributed by atoms with van der Waals surface area (Å²) >= 11 is 0. The van der Waals surface area contributed by atoms with Gasteiger partial charge in [0.1, 0.15) is 0 Å². The molecule has 4 amide bonds. The fourth-order valence-electron chi connectivity index (χ4n) is 3.70. The molecule has 2 saturated heterocycles. The minimum absolute atomic E-state index is 0.113. The molecule has 2 N–H and O–H groups in total. The number of nitrogens with one attached hydrogen (secondary N) is 2. The predicted molar refractivity (Wildman–Crippen MR) is 90.0 cm³/mol. The van der Waals surface area contributed by atoms with Crippen LogP contribution >= 0.6 is 0 Å². The van der Waals surface area contributed by atoms with Crippen LogP contribution in [-0.2, 0) is 14.3 Å². The summed E-state index contributed by atoms with van der Waals surface area (Å²) in [5.74, 6) is -1.99. The third-order valence-corrected chi connectivity index (χ3v) is 5.06. The van der Waals surface area contributed by atoms with Crippen LogP contribution in [0.25, 0.3) is 0 Å². The maximum atomic E-state index is 13.0. The molecule has 0 bridgehead atoms. The van der Waals surface area contributed by atoms with E-state index in [4.69, 9.17) is 4.74 Å². The molecule has 8 nitrogen and oxygen atoms in total. The van der Waals surface area contributed by atoms with Crippen LogP contribution in [0.3, 0.4) is 0 Å². The highest BCUT2D eigenvalue weighted by atomic mass is 16.5. The number of morpholine rings is 1. The van der Waals surface area contributed by atoms with Crippen molar-refractivity contribution in [3.63, 3.8) is 0 Å². The van der Waals surface area contributed by atoms with Crippen molar-refractivity contribution in [1.82, 2.24) is 20.7 Å². The topological polar surface area (TPSA) is 91.0 Å². The zero-order valence-electron chi connectivity index (χ0n) is 14.6. The number of ether oxygens (including phenoxy) is 1. The van der Waals surface area contributed by atoms with E-state index in [9.17, 15) is 14.4 Å². The SMILES string of the molecule is C/C=C(\NN1CCOCC1)[C@H]1C(=O)NC(=O)N(C2CCCCC2)C1=O. The Kier molecular flexibility index (Phi) is 5.70. The van der Waals surface area contributed by atoms with Crippen molar-refractivity contribution in [2.24, 2.45) is 5.92 Å². The first kappa shape index (κ1) is 17.9. The Bertz CT molecular complexity index is 565. The molecule has 0 spiro atoms. The monoisotopic (exact) mass is 350 g/mol. The Labute approximate surface area is 147 Å². The van der Waals surface area contributed by atoms with Crippen molar-refractivity contribution in [1.29, 1.82) is 0 Å². The largest absolute Gasteiger partial charge is 0.379 e. The number of hydrazine groups is 1. The van der Waals surface area contributed by atoms with Gasteiger partial charge in [0.05, 0.1) is 13.2 Å². The summed E-state index contributed by atoms with van der Waals surface area (Å²) < 4.78 is 5.31. The average Bonchev–Trinajstić information content (AvgIpc) is 2.62. The number of carbonyl (C=O) groups is 3. The van der Waals surface area contributed by atoms with Gasteiger partial charge in [0, 0.05) is 24.8 Å². The molecule has 0 aromatic carbocycles. The van der Waals surface area contributed by atoms with E-state index in [0.717, 1.165) is 32.1 Å². The molecule has 0 unspecified atom stereocenters. The molecule has 3 fully saturated rings. The first-order valence-corrected chi connectivity index (χ1v) is 9.05. The molecule has 1 saturated carbocycles. The zero-order chi connectivity index (χ0) is 17.8. The lowest BCUT2D eigenvalue weighted by Gasteiger charge is -2.39. The van der Waals surface area contributed by atoms with Gasteiger partial charge in [0.15, 0.2) is 5.92 Å². The van der Waals surface area contributed by atoms with Crippen LogP contribution in [0.2, 0.25) is 0 Å². The Hall–Kier alpha value is -1.93. The molecular weight excluding hydrogens is 324 g/mol. The highest BCUT2D eigenvalue weighted by Crippen LogP contribution is 2.27. The molecule has 1 aliphatic carbocycles. The molecule has 0 aromatic rings. The van der Waals surface area contributed by atoms with Crippen LogP contribution in [0.4, 0.5) is 4.79 Å². The van der Waals surface area contributed by atoms with Crippen LogP contribution in [0.5, 0.6) is 0 Å². The van der Waals surface area contributed by atoms with Crippen molar-refractivity contribution in [3.8, 4) is 0 Å². The first-order valence-electron chi connectivity index (χ1n) is 9.05. The number of imide groups is 2. The van der Waals surface area contributed by atoms with Crippen LogP contribution in [0.15, 0.2) is 11.8 Å². The van der Waals surface area contributed by atoms with Crippen molar-refractivity contribution < 1.29 is 19.1 Å². The van der Waals surface area contributed by atoms with Crippen molar-refractivity contribution in [2.45, 2.75) is 45.1 Å². The molecule has 25 heavy (non-hydrogen) atoms. The average molecular weight is 350 g/mol. The minimum Gasteiger partial charge on any atom is -0.379 e. The van der Waals surface area contributed by atoms with E-state index in [-0.39, 0.29) is 6.04 Å². The Balaban J connectivity index is 1.76. The summed E-state index contributed by atoms with van der Waals surface area (Å²) in [5.41, 5.74) is 3.68. The third-order valence-electron chi connectivity index (χ3n) is 5.06. The number of amides is 4. The number of carbonyl (C=O) groups excluding carboxylic acids is 3. The predicted octanol–water partition coefficient (Wildman–Crippen LogP) is 0.754. The maximum Gasteiger partial charge on any atom is 0.331 e. The molecule has 2 heterocycles.